The summed E-state index contributed by atoms with van der Waals surface area (Å²) in [4.78, 5) is 26.7. The number of benzene rings is 2. The Morgan fingerprint density at radius 2 is 1.85 bits per heavy atom. The summed E-state index contributed by atoms with van der Waals surface area (Å²) in [5.41, 5.74) is 1.47. The van der Waals surface area contributed by atoms with Gasteiger partial charge in [0.2, 0.25) is 0 Å². The van der Waals surface area contributed by atoms with Crippen LogP contribution in [0.4, 0.5) is 5.69 Å². The molecule has 0 spiro atoms. The van der Waals surface area contributed by atoms with Crippen LogP contribution in [0.3, 0.4) is 0 Å². The Morgan fingerprint density at radius 3 is 2.50 bits per heavy atom. The van der Waals surface area contributed by atoms with Gasteiger partial charge in [-0.3, -0.25) is 14.5 Å². The van der Waals surface area contributed by atoms with E-state index in [1.54, 1.807) is 25.1 Å². The molecular formula is C21H21NO4. The highest BCUT2D eigenvalue weighted by atomic mass is 16.5. The number of carbonyl (C=O) groups is 2. The van der Waals surface area contributed by atoms with Crippen molar-refractivity contribution in [2.75, 3.05) is 11.5 Å². The Labute approximate surface area is 152 Å². The van der Waals surface area contributed by atoms with Crippen molar-refractivity contribution in [2.24, 2.45) is 0 Å². The average molecular weight is 351 g/mol. The smallest absolute Gasteiger partial charge is 0.294 e. The van der Waals surface area contributed by atoms with Crippen molar-refractivity contribution in [2.45, 2.75) is 26.3 Å². The van der Waals surface area contributed by atoms with Gasteiger partial charge in [0, 0.05) is 12.1 Å². The van der Waals surface area contributed by atoms with Gasteiger partial charge in [-0.2, -0.15) is 0 Å². The van der Waals surface area contributed by atoms with E-state index in [-0.39, 0.29) is 17.8 Å². The maximum Gasteiger partial charge on any atom is 0.294 e. The number of ether oxygens (including phenoxy) is 1. The number of carbonyl (C=O) groups excluding carboxylic acids is 2. The molecule has 0 aromatic heterocycles. The summed E-state index contributed by atoms with van der Waals surface area (Å²) in [7, 11) is 0. The van der Waals surface area contributed by atoms with Crippen LogP contribution in [0.25, 0.3) is 0 Å². The number of aliphatic hydroxyl groups is 1. The normalized spacial score (nSPS) is 16.9. The molecule has 2 aromatic rings. The molecule has 0 bridgehead atoms. The Bertz CT molecular complexity index is 857. The number of rotatable bonds is 6. The fraction of sp³-hybridized carbons (Fsp3) is 0.238. The number of Topliss-reactive ketones (excluding diaryl/α,β-unsaturated/α-hetero) is 1. The molecule has 1 aliphatic heterocycles. The zero-order valence-electron chi connectivity index (χ0n) is 14.8. The first kappa shape index (κ1) is 17.7. The predicted molar refractivity (Wildman–Crippen MR) is 99.2 cm³/mol. The van der Waals surface area contributed by atoms with E-state index in [0.717, 1.165) is 0 Å². The topological polar surface area (TPSA) is 66.8 Å². The van der Waals surface area contributed by atoms with Crippen molar-refractivity contribution < 1.29 is 19.4 Å². The van der Waals surface area contributed by atoms with Crippen LogP contribution in [0.1, 0.15) is 31.9 Å². The van der Waals surface area contributed by atoms with Crippen molar-refractivity contribution in [3.05, 3.63) is 71.5 Å². The molecule has 1 unspecified atom stereocenters. The van der Waals surface area contributed by atoms with Crippen LogP contribution in [0.5, 0.6) is 5.75 Å². The minimum Gasteiger partial charge on any atom is -0.503 e. The van der Waals surface area contributed by atoms with Gasteiger partial charge < -0.3 is 9.84 Å². The molecule has 1 aliphatic rings. The largest absolute Gasteiger partial charge is 0.503 e. The molecule has 5 nitrogen and oxygen atoms in total. The summed E-state index contributed by atoms with van der Waals surface area (Å²) in [5, 5.41) is 10.4. The van der Waals surface area contributed by atoms with Crippen LogP contribution in [0.15, 0.2) is 65.9 Å². The van der Waals surface area contributed by atoms with E-state index in [4.69, 9.17) is 4.74 Å². The first-order valence-electron chi connectivity index (χ1n) is 8.66. The molecule has 134 valence electrons. The number of ketones is 1. The molecule has 0 radical (unpaired) electrons. The van der Waals surface area contributed by atoms with E-state index in [2.05, 4.69) is 0 Å². The monoisotopic (exact) mass is 351 g/mol. The summed E-state index contributed by atoms with van der Waals surface area (Å²) in [6.07, 6.45) is 0.205. The highest BCUT2D eigenvalue weighted by Gasteiger charge is 2.43. The van der Waals surface area contributed by atoms with E-state index < -0.39 is 17.7 Å². The van der Waals surface area contributed by atoms with Gasteiger partial charge in [0.05, 0.1) is 18.2 Å². The first-order valence-corrected chi connectivity index (χ1v) is 8.66. The minimum atomic E-state index is -0.683. The minimum absolute atomic E-state index is 0.134. The second-order valence-corrected chi connectivity index (χ2v) is 5.96. The molecule has 0 aliphatic carbocycles. The molecule has 2 aromatic carbocycles. The van der Waals surface area contributed by atoms with Gasteiger partial charge in [-0.25, -0.2) is 0 Å². The van der Waals surface area contributed by atoms with E-state index in [0.29, 0.717) is 23.6 Å². The van der Waals surface area contributed by atoms with Gasteiger partial charge in [-0.05, 0) is 36.8 Å². The molecular weight excluding hydrogens is 330 g/mol. The highest BCUT2D eigenvalue weighted by molar-refractivity contribution is 6.16. The summed E-state index contributed by atoms with van der Waals surface area (Å²) >= 11 is 0. The standard InChI is InChI=1S/C21H21NO4/c1-3-17(23)18-19(14-9-8-12-16(13-14)26-4-2)22(21(25)20(18)24)15-10-6-5-7-11-15/h5-13,19,24H,3-4H2,1-2H3. The molecule has 1 atom stereocenters. The van der Waals surface area contributed by atoms with E-state index >= 15 is 0 Å². The number of amides is 1. The number of para-hydroxylation sites is 1. The highest BCUT2D eigenvalue weighted by Crippen LogP contribution is 2.41. The second kappa shape index (κ2) is 7.44. The number of anilines is 1. The molecule has 1 heterocycles. The predicted octanol–water partition coefficient (Wildman–Crippen LogP) is 3.96. The lowest BCUT2D eigenvalue weighted by Gasteiger charge is -2.27. The fourth-order valence-corrected chi connectivity index (χ4v) is 3.19. The van der Waals surface area contributed by atoms with Crippen molar-refractivity contribution in [3.63, 3.8) is 0 Å². The Morgan fingerprint density at radius 1 is 1.12 bits per heavy atom. The van der Waals surface area contributed by atoms with Crippen LogP contribution in [0, 0.1) is 0 Å². The lowest BCUT2D eigenvalue weighted by molar-refractivity contribution is -0.118. The molecule has 3 rings (SSSR count). The molecule has 1 N–H and O–H groups in total. The Balaban J connectivity index is 2.15. The molecule has 26 heavy (non-hydrogen) atoms. The number of aliphatic hydroxyl groups excluding tert-OH is 1. The third-order valence-corrected chi connectivity index (χ3v) is 4.35. The van der Waals surface area contributed by atoms with Gasteiger partial charge in [-0.15, -0.1) is 0 Å². The Kier molecular flexibility index (Phi) is 5.07. The average Bonchev–Trinajstić information content (AvgIpc) is 2.93. The summed E-state index contributed by atoms with van der Waals surface area (Å²) in [5.74, 6) is -0.645. The third-order valence-electron chi connectivity index (χ3n) is 4.35. The van der Waals surface area contributed by atoms with Gasteiger partial charge in [0.25, 0.3) is 5.91 Å². The third kappa shape index (κ3) is 3.08. The van der Waals surface area contributed by atoms with E-state index in [1.807, 2.05) is 43.3 Å². The van der Waals surface area contributed by atoms with E-state index in [1.165, 1.54) is 4.90 Å². The zero-order valence-corrected chi connectivity index (χ0v) is 14.8. The van der Waals surface area contributed by atoms with Gasteiger partial charge in [-0.1, -0.05) is 37.3 Å². The van der Waals surface area contributed by atoms with Crippen molar-refractivity contribution in [1.82, 2.24) is 0 Å². The van der Waals surface area contributed by atoms with Crippen molar-refractivity contribution >= 4 is 17.4 Å². The van der Waals surface area contributed by atoms with Crippen molar-refractivity contribution in [3.8, 4) is 5.75 Å². The fourth-order valence-electron chi connectivity index (χ4n) is 3.19. The number of hydrogen-bond acceptors (Lipinski definition) is 4. The summed E-state index contributed by atoms with van der Waals surface area (Å²) < 4.78 is 5.56. The van der Waals surface area contributed by atoms with Gasteiger partial charge in [0.1, 0.15) is 5.75 Å². The number of hydrogen-bond donors (Lipinski definition) is 1. The number of nitrogens with zero attached hydrogens (tertiary/aromatic N) is 1. The quantitative estimate of drug-likeness (QED) is 0.855. The molecule has 0 fully saturated rings. The van der Waals surface area contributed by atoms with Gasteiger partial charge in [0.15, 0.2) is 11.5 Å². The maximum absolute atomic E-state index is 12.8. The van der Waals surface area contributed by atoms with Crippen LogP contribution in [-0.2, 0) is 9.59 Å². The first-order chi connectivity index (χ1) is 12.6. The zero-order chi connectivity index (χ0) is 18.7. The van der Waals surface area contributed by atoms with Crippen LogP contribution in [0.2, 0.25) is 0 Å². The Hall–Kier alpha value is -3.08. The molecule has 5 heteroatoms. The molecule has 0 saturated heterocycles. The lowest BCUT2D eigenvalue weighted by atomic mass is 9.94. The summed E-state index contributed by atoms with van der Waals surface area (Å²) in [6, 6.07) is 15.6. The van der Waals surface area contributed by atoms with Crippen LogP contribution in [-0.4, -0.2) is 23.4 Å². The molecule has 0 saturated carbocycles. The van der Waals surface area contributed by atoms with E-state index in [9.17, 15) is 14.7 Å². The van der Waals surface area contributed by atoms with Gasteiger partial charge >= 0.3 is 0 Å². The SMILES string of the molecule is CCOc1cccc(C2C(C(=O)CC)=C(O)C(=O)N2c2ccccc2)c1. The van der Waals surface area contributed by atoms with Crippen LogP contribution < -0.4 is 9.64 Å². The van der Waals surface area contributed by atoms with Crippen molar-refractivity contribution in [1.29, 1.82) is 0 Å². The second-order valence-electron chi connectivity index (χ2n) is 5.96. The molecule has 1 amide bonds. The summed E-state index contributed by atoms with van der Waals surface area (Å²) in [6.45, 7) is 4.11. The maximum atomic E-state index is 12.8. The lowest BCUT2D eigenvalue weighted by Crippen LogP contribution is -2.30. The van der Waals surface area contributed by atoms with Crippen LogP contribution >= 0.6 is 0 Å².